The summed E-state index contributed by atoms with van der Waals surface area (Å²) in [5.41, 5.74) is 0.616. The van der Waals surface area contributed by atoms with Gasteiger partial charge in [0.15, 0.2) is 5.60 Å². The third-order valence-electron chi connectivity index (χ3n) is 6.07. The van der Waals surface area contributed by atoms with Gasteiger partial charge in [0.05, 0.1) is 14.2 Å². The third-order valence-corrected chi connectivity index (χ3v) is 6.07. The van der Waals surface area contributed by atoms with Gasteiger partial charge in [0.1, 0.15) is 23.9 Å². The summed E-state index contributed by atoms with van der Waals surface area (Å²) in [6, 6.07) is 15.0. The summed E-state index contributed by atoms with van der Waals surface area (Å²) in [6.45, 7) is 5.85. The highest BCUT2D eigenvalue weighted by atomic mass is 16.6. The quantitative estimate of drug-likeness (QED) is 0.342. The standard InChI is InChI=1S/C28H36N4O6/c1-6-31-24(12-8-9-20-13-15-22(16-14-20)38-28(2,3)26(34)37-5)30-32(27(31)35)19-25(33)29-18-21-10-7-11-23(17-21)36-4/h7,10-11,13-17H,6,8-9,12,18-19H2,1-5H3,(H,29,33). The van der Waals surface area contributed by atoms with E-state index in [0.29, 0.717) is 36.8 Å². The maximum Gasteiger partial charge on any atom is 0.349 e. The second-order valence-electron chi connectivity index (χ2n) is 9.33. The zero-order chi connectivity index (χ0) is 27.7. The second-order valence-corrected chi connectivity index (χ2v) is 9.33. The molecule has 0 saturated heterocycles. The number of ether oxygens (including phenoxy) is 3. The van der Waals surface area contributed by atoms with Crippen molar-refractivity contribution in [3.05, 3.63) is 76.0 Å². The molecule has 0 bridgehead atoms. The molecule has 0 aliphatic carbocycles. The fraction of sp³-hybridized carbons (Fsp3) is 0.429. The molecular formula is C28H36N4O6. The van der Waals surface area contributed by atoms with Crippen molar-refractivity contribution in [1.29, 1.82) is 0 Å². The summed E-state index contributed by atoms with van der Waals surface area (Å²) in [7, 11) is 2.92. The molecule has 204 valence electrons. The number of aryl methyl sites for hydroxylation is 2. The number of nitrogens with one attached hydrogen (secondary N) is 1. The fourth-order valence-electron chi connectivity index (χ4n) is 4.02. The van der Waals surface area contributed by atoms with Gasteiger partial charge in [-0.05, 0) is 69.0 Å². The largest absolute Gasteiger partial charge is 0.497 e. The van der Waals surface area contributed by atoms with Crippen molar-refractivity contribution in [3.8, 4) is 11.5 Å². The van der Waals surface area contributed by atoms with Gasteiger partial charge in [-0.15, -0.1) is 0 Å². The van der Waals surface area contributed by atoms with Gasteiger partial charge in [0.25, 0.3) is 0 Å². The lowest BCUT2D eigenvalue weighted by Crippen LogP contribution is -2.39. The number of methoxy groups -OCH3 is 2. The first-order chi connectivity index (χ1) is 18.2. The van der Waals surface area contributed by atoms with Crippen LogP contribution in [0.4, 0.5) is 0 Å². The zero-order valence-electron chi connectivity index (χ0n) is 22.7. The highest BCUT2D eigenvalue weighted by molar-refractivity contribution is 5.78. The van der Waals surface area contributed by atoms with Gasteiger partial charge in [0, 0.05) is 19.5 Å². The van der Waals surface area contributed by atoms with Crippen molar-refractivity contribution in [1.82, 2.24) is 19.7 Å². The van der Waals surface area contributed by atoms with E-state index in [0.717, 1.165) is 24.0 Å². The normalized spacial score (nSPS) is 11.2. The number of carbonyl (C=O) groups is 2. The molecule has 1 N–H and O–H groups in total. The van der Waals surface area contributed by atoms with E-state index in [1.807, 2.05) is 55.5 Å². The van der Waals surface area contributed by atoms with Gasteiger partial charge in [0.2, 0.25) is 5.91 Å². The van der Waals surface area contributed by atoms with Gasteiger partial charge in [-0.25, -0.2) is 14.3 Å². The molecule has 1 amide bonds. The van der Waals surface area contributed by atoms with Crippen LogP contribution >= 0.6 is 0 Å². The van der Waals surface area contributed by atoms with Crippen molar-refractivity contribution >= 4 is 11.9 Å². The molecule has 10 heteroatoms. The van der Waals surface area contributed by atoms with E-state index in [1.165, 1.54) is 11.8 Å². The predicted molar refractivity (Wildman–Crippen MR) is 142 cm³/mol. The maximum atomic E-state index is 12.8. The molecule has 3 rings (SSSR count). The Bertz CT molecular complexity index is 1290. The van der Waals surface area contributed by atoms with E-state index < -0.39 is 11.6 Å². The zero-order valence-corrected chi connectivity index (χ0v) is 22.7. The first-order valence-corrected chi connectivity index (χ1v) is 12.6. The number of hydrogen-bond acceptors (Lipinski definition) is 7. The summed E-state index contributed by atoms with van der Waals surface area (Å²) >= 11 is 0. The summed E-state index contributed by atoms with van der Waals surface area (Å²) in [4.78, 5) is 37.1. The van der Waals surface area contributed by atoms with Crippen molar-refractivity contribution in [3.63, 3.8) is 0 Å². The lowest BCUT2D eigenvalue weighted by Gasteiger charge is -2.23. The van der Waals surface area contributed by atoms with Crippen LogP contribution in [-0.4, -0.2) is 46.0 Å². The number of carbonyl (C=O) groups excluding carboxylic acids is 2. The first-order valence-electron chi connectivity index (χ1n) is 12.6. The second kappa shape index (κ2) is 12.9. The van der Waals surface area contributed by atoms with Crippen LogP contribution in [0.2, 0.25) is 0 Å². The molecular weight excluding hydrogens is 488 g/mol. The van der Waals surface area contributed by atoms with E-state index in [2.05, 4.69) is 10.4 Å². The van der Waals surface area contributed by atoms with Crippen LogP contribution in [0.5, 0.6) is 11.5 Å². The van der Waals surface area contributed by atoms with Gasteiger partial charge < -0.3 is 19.5 Å². The van der Waals surface area contributed by atoms with E-state index in [-0.39, 0.29) is 18.1 Å². The molecule has 2 aromatic carbocycles. The minimum absolute atomic E-state index is 0.147. The van der Waals surface area contributed by atoms with Crippen LogP contribution in [-0.2, 0) is 46.8 Å². The van der Waals surface area contributed by atoms with Gasteiger partial charge in [-0.3, -0.25) is 9.36 Å². The molecule has 0 unspecified atom stereocenters. The number of esters is 1. The van der Waals surface area contributed by atoms with Crippen molar-refractivity contribution in [2.24, 2.45) is 0 Å². The van der Waals surface area contributed by atoms with Crippen molar-refractivity contribution in [2.75, 3.05) is 14.2 Å². The topological polar surface area (TPSA) is 114 Å². The summed E-state index contributed by atoms with van der Waals surface area (Å²) < 4.78 is 18.5. The minimum atomic E-state index is -1.08. The molecule has 0 atom stereocenters. The van der Waals surface area contributed by atoms with Crippen LogP contribution in [0, 0.1) is 0 Å². The molecule has 1 aromatic heterocycles. The molecule has 0 aliphatic rings. The van der Waals surface area contributed by atoms with Gasteiger partial charge >= 0.3 is 11.7 Å². The van der Waals surface area contributed by atoms with Crippen molar-refractivity contribution < 1.29 is 23.8 Å². The average Bonchev–Trinajstić information content (AvgIpc) is 3.21. The Hall–Kier alpha value is -4.08. The Kier molecular flexibility index (Phi) is 9.70. The van der Waals surface area contributed by atoms with Gasteiger partial charge in [-0.1, -0.05) is 24.3 Å². The SMILES string of the molecule is CCn1c(CCCc2ccc(OC(C)(C)C(=O)OC)cc2)nn(CC(=O)NCc2cccc(OC)c2)c1=O. The third kappa shape index (κ3) is 7.47. The van der Waals surface area contributed by atoms with Crippen LogP contribution in [0.3, 0.4) is 0 Å². The molecule has 3 aromatic rings. The maximum absolute atomic E-state index is 12.8. The Morgan fingerprint density at radius 2 is 1.74 bits per heavy atom. The van der Waals surface area contributed by atoms with E-state index >= 15 is 0 Å². The number of rotatable bonds is 13. The predicted octanol–water partition coefficient (Wildman–Crippen LogP) is 2.90. The Morgan fingerprint density at radius 3 is 2.39 bits per heavy atom. The highest BCUT2D eigenvalue weighted by Gasteiger charge is 2.31. The van der Waals surface area contributed by atoms with Crippen LogP contribution in [0.1, 0.15) is 44.1 Å². The summed E-state index contributed by atoms with van der Waals surface area (Å²) in [5.74, 6) is 1.20. The molecule has 0 saturated carbocycles. The number of nitrogens with zero attached hydrogens (tertiary/aromatic N) is 3. The van der Waals surface area contributed by atoms with Crippen LogP contribution in [0.25, 0.3) is 0 Å². The van der Waals surface area contributed by atoms with Crippen LogP contribution < -0.4 is 20.5 Å². The fourth-order valence-corrected chi connectivity index (χ4v) is 4.02. The highest BCUT2D eigenvalue weighted by Crippen LogP contribution is 2.21. The molecule has 0 aliphatic heterocycles. The van der Waals surface area contributed by atoms with Crippen molar-refractivity contribution in [2.45, 2.75) is 65.3 Å². The monoisotopic (exact) mass is 524 g/mol. The average molecular weight is 525 g/mol. The molecule has 38 heavy (non-hydrogen) atoms. The Morgan fingerprint density at radius 1 is 1.00 bits per heavy atom. The van der Waals surface area contributed by atoms with Gasteiger partial charge in [-0.2, -0.15) is 5.10 Å². The summed E-state index contributed by atoms with van der Waals surface area (Å²) in [6.07, 6.45) is 2.13. The molecule has 0 spiro atoms. The number of aromatic nitrogens is 3. The lowest BCUT2D eigenvalue weighted by atomic mass is 10.1. The smallest absolute Gasteiger partial charge is 0.349 e. The Labute approximate surface area is 222 Å². The first kappa shape index (κ1) is 28.5. The molecule has 0 radical (unpaired) electrons. The van der Waals surface area contributed by atoms with E-state index in [4.69, 9.17) is 14.2 Å². The van der Waals surface area contributed by atoms with E-state index in [9.17, 15) is 14.4 Å². The molecule has 1 heterocycles. The van der Waals surface area contributed by atoms with Crippen LogP contribution in [0.15, 0.2) is 53.3 Å². The van der Waals surface area contributed by atoms with E-state index in [1.54, 1.807) is 25.5 Å². The number of hydrogen-bond donors (Lipinski definition) is 1. The number of amides is 1. The minimum Gasteiger partial charge on any atom is -0.497 e. The lowest BCUT2D eigenvalue weighted by molar-refractivity contribution is -0.156. The number of benzene rings is 2. The Balaban J connectivity index is 1.54. The molecule has 0 fully saturated rings. The summed E-state index contributed by atoms with van der Waals surface area (Å²) in [5, 5.41) is 7.26. The molecule has 10 nitrogen and oxygen atoms in total.